The Bertz CT molecular complexity index is 916. The molecule has 0 unspecified atom stereocenters. The number of carbonyl (C=O) groups excluding carboxylic acids is 1. The molecule has 0 radical (unpaired) electrons. The summed E-state index contributed by atoms with van der Waals surface area (Å²) in [6.07, 6.45) is 4.71. The van der Waals surface area contributed by atoms with Gasteiger partial charge in [0.2, 0.25) is 5.91 Å². The minimum Gasteiger partial charge on any atom is -0.481 e. The lowest BCUT2D eigenvalue weighted by atomic mass is 9.82. The number of hydrogen-bond donors (Lipinski definition) is 2. The van der Waals surface area contributed by atoms with Gasteiger partial charge >= 0.3 is 5.97 Å². The van der Waals surface area contributed by atoms with E-state index in [1.165, 1.54) is 0 Å². The average molecular weight is 365 g/mol. The maximum atomic E-state index is 12.8. The summed E-state index contributed by atoms with van der Waals surface area (Å²) in [6.45, 7) is 4.26. The quantitative estimate of drug-likeness (QED) is 0.798. The molecule has 2 bridgehead atoms. The topological polar surface area (TPSA) is 84.2 Å². The summed E-state index contributed by atoms with van der Waals surface area (Å²) in [4.78, 5) is 24.4. The zero-order valence-corrected chi connectivity index (χ0v) is 15.4. The predicted octanol–water partition coefficient (Wildman–Crippen LogP) is 2.63. The number of carboxylic acids is 1. The first-order valence-corrected chi connectivity index (χ1v) is 9.26. The van der Waals surface area contributed by atoms with Crippen molar-refractivity contribution < 1.29 is 14.7 Å². The highest BCUT2D eigenvalue weighted by molar-refractivity contribution is 5.86. The second-order valence-electron chi connectivity index (χ2n) is 7.45. The van der Waals surface area contributed by atoms with Gasteiger partial charge in [-0.15, -0.1) is 0 Å². The van der Waals surface area contributed by atoms with Crippen molar-refractivity contribution in [2.45, 2.75) is 26.8 Å². The number of nitrogens with zero attached hydrogens (tertiary/aromatic N) is 2. The molecule has 4 rings (SSSR count). The maximum absolute atomic E-state index is 12.8. The van der Waals surface area contributed by atoms with Crippen molar-refractivity contribution >= 4 is 11.9 Å². The Balaban J connectivity index is 1.51. The first kappa shape index (κ1) is 17.5. The number of carbonyl (C=O) groups is 2. The molecule has 2 aliphatic rings. The van der Waals surface area contributed by atoms with E-state index in [0.29, 0.717) is 6.54 Å². The summed E-state index contributed by atoms with van der Waals surface area (Å²) in [6, 6.07) is 9.85. The molecule has 1 aromatic heterocycles. The Morgan fingerprint density at radius 3 is 2.48 bits per heavy atom. The van der Waals surface area contributed by atoms with Crippen molar-refractivity contribution in [3.8, 4) is 5.69 Å². The van der Waals surface area contributed by atoms with Crippen molar-refractivity contribution in [1.29, 1.82) is 0 Å². The molecule has 6 nitrogen and oxygen atoms in total. The molecule has 0 aliphatic heterocycles. The van der Waals surface area contributed by atoms with Crippen LogP contribution in [0.15, 0.2) is 42.5 Å². The van der Waals surface area contributed by atoms with Gasteiger partial charge in [-0.05, 0) is 44.2 Å². The fraction of sp³-hybridized carbons (Fsp3) is 0.381. The van der Waals surface area contributed by atoms with Gasteiger partial charge in [-0.2, -0.15) is 5.10 Å². The second-order valence-corrected chi connectivity index (χ2v) is 7.45. The first-order chi connectivity index (χ1) is 13.0. The molecule has 1 fully saturated rings. The Kier molecular flexibility index (Phi) is 4.34. The van der Waals surface area contributed by atoms with Crippen molar-refractivity contribution in [2.24, 2.45) is 23.7 Å². The second kappa shape index (κ2) is 6.68. The maximum Gasteiger partial charge on any atom is 0.307 e. The third-order valence-corrected chi connectivity index (χ3v) is 5.93. The highest BCUT2D eigenvalue weighted by Crippen LogP contribution is 2.48. The molecule has 2 aromatic rings. The minimum absolute atomic E-state index is 0.0208. The number of nitrogens with one attached hydrogen (secondary N) is 1. The lowest BCUT2D eigenvalue weighted by Crippen LogP contribution is -2.40. The smallest absolute Gasteiger partial charge is 0.307 e. The van der Waals surface area contributed by atoms with Crippen molar-refractivity contribution in [2.75, 3.05) is 0 Å². The Labute approximate surface area is 157 Å². The Morgan fingerprint density at radius 2 is 1.81 bits per heavy atom. The number of benzene rings is 1. The average Bonchev–Trinajstić information content (AvgIpc) is 3.34. The minimum atomic E-state index is -0.878. The molecule has 1 aromatic carbocycles. The fourth-order valence-electron chi connectivity index (χ4n) is 4.56. The van der Waals surface area contributed by atoms with Crippen molar-refractivity contribution in [3.05, 3.63) is 59.4 Å². The molecular weight excluding hydrogens is 342 g/mol. The van der Waals surface area contributed by atoms with Gasteiger partial charge in [-0.1, -0.05) is 30.4 Å². The van der Waals surface area contributed by atoms with Crippen LogP contribution in [0.4, 0.5) is 0 Å². The molecule has 1 heterocycles. The van der Waals surface area contributed by atoms with Gasteiger partial charge in [0.25, 0.3) is 0 Å². The number of allylic oxidation sites excluding steroid dienone is 2. The van der Waals surface area contributed by atoms with Crippen LogP contribution in [0.2, 0.25) is 0 Å². The summed E-state index contributed by atoms with van der Waals surface area (Å²) in [5.74, 6) is -2.14. The van der Waals surface area contributed by atoms with Gasteiger partial charge in [-0.25, -0.2) is 4.68 Å². The van der Waals surface area contributed by atoms with Crippen LogP contribution in [-0.4, -0.2) is 26.8 Å². The van der Waals surface area contributed by atoms with Crippen LogP contribution in [0.25, 0.3) is 5.69 Å². The highest BCUT2D eigenvalue weighted by atomic mass is 16.4. The number of amides is 1. The van der Waals surface area contributed by atoms with Crippen molar-refractivity contribution in [1.82, 2.24) is 15.1 Å². The fourth-order valence-corrected chi connectivity index (χ4v) is 4.56. The van der Waals surface area contributed by atoms with Gasteiger partial charge in [-0.3, -0.25) is 9.59 Å². The number of aliphatic carboxylic acids is 1. The van der Waals surface area contributed by atoms with E-state index in [1.54, 1.807) is 0 Å². The number of para-hydroxylation sites is 1. The summed E-state index contributed by atoms with van der Waals surface area (Å²) in [5, 5.41) is 17.1. The van der Waals surface area contributed by atoms with E-state index in [4.69, 9.17) is 0 Å². The van der Waals surface area contributed by atoms with E-state index < -0.39 is 17.8 Å². The number of hydrogen-bond acceptors (Lipinski definition) is 3. The van der Waals surface area contributed by atoms with Crippen molar-refractivity contribution in [3.63, 3.8) is 0 Å². The molecule has 4 atom stereocenters. The zero-order valence-electron chi connectivity index (χ0n) is 15.4. The molecule has 6 heteroatoms. The van der Waals surface area contributed by atoms with E-state index in [1.807, 2.05) is 61.0 Å². The molecule has 140 valence electrons. The van der Waals surface area contributed by atoms with Gasteiger partial charge in [0.05, 0.1) is 23.2 Å². The van der Waals surface area contributed by atoms with Gasteiger partial charge < -0.3 is 10.4 Å². The van der Waals surface area contributed by atoms with Crippen LogP contribution >= 0.6 is 0 Å². The van der Waals surface area contributed by atoms with E-state index in [-0.39, 0.29) is 17.7 Å². The molecule has 0 saturated heterocycles. The number of fused-ring (bicyclic) bond motifs is 2. The third kappa shape index (κ3) is 2.95. The van der Waals surface area contributed by atoms with Gasteiger partial charge in [0.15, 0.2) is 0 Å². The molecular formula is C21H23N3O3. The summed E-state index contributed by atoms with van der Waals surface area (Å²) in [5.41, 5.74) is 3.78. The van der Waals surface area contributed by atoms with E-state index in [2.05, 4.69) is 10.4 Å². The van der Waals surface area contributed by atoms with Crippen LogP contribution in [0.5, 0.6) is 0 Å². The summed E-state index contributed by atoms with van der Waals surface area (Å²) < 4.78 is 1.87. The predicted molar refractivity (Wildman–Crippen MR) is 100 cm³/mol. The SMILES string of the molecule is Cc1nn(-c2ccccc2)c(C)c1CNC(=O)[C@@H]1[C@@H](C(=O)O)[C@H]2C=C[C@@H]1C2. The van der Waals surface area contributed by atoms with Crippen LogP contribution in [0.1, 0.15) is 23.4 Å². The standard InChI is InChI=1S/C21H23N3O3/c1-12-17(13(2)24(23-12)16-6-4-3-5-7-16)11-22-20(25)18-14-8-9-15(10-14)19(18)21(26)27/h3-9,14-15,18-19H,10-11H2,1-2H3,(H,22,25)(H,26,27)/t14-,15+,18+,19+/m1/s1. The lowest BCUT2D eigenvalue weighted by Gasteiger charge is -2.23. The van der Waals surface area contributed by atoms with Crippen LogP contribution in [0.3, 0.4) is 0 Å². The summed E-state index contributed by atoms with van der Waals surface area (Å²) >= 11 is 0. The molecule has 1 amide bonds. The number of carboxylic acid groups (broad SMARTS) is 1. The van der Waals surface area contributed by atoms with Gasteiger partial charge in [0, 0.05) is 17.8 Å². The summed E-state index contributed by atoms with van der Waals surface area (Å²) in [7, 11) is 0. The number of rotatable bonds is 5. The molecule has 27 heavy (non-hydrogen) atoms. The lowest BCUT2D eigenvalue weighted by molar-refractivity contribution is -0.147. The van der Waals surface area contributed by atoms with E-state index in [0.717, 1.165) is 29.1 Å². The van der Waals surface area contributed by atoms with Gasteiger partial charge in [0.1, 0.15) is 0 Å². The first-order valence-electron chi connectivity index (χ1n) is 9.26. The monoisotopic (exact) mass is 365 g/mol. The molecule has 2 N–H and O–H groups in total. The van der Waals surface area contributed by atoms with Crippen LogP contribution in [-0.2, 0) is 16.1 Å². The molecule has 1 saturated carbocycles. The molecule has 2 aliphatic carbocycles. The Hall–Kier alpha value is -2.89. The molecule has 0 spiro atoms. The largest absolute Gasteiger partial charge is 0.481 e. The highest BCUT2D eigenvalue weighted by Gasteiger charge is 2.51. The normalized spacial score (nSPS) is 25.7. The zero-order chi connectivity index (χ0) is 19.1. The van der Waals surface area contributed by atoms with Crippen LogP contribution < -0.4 is 5.32 Å². The number of aryl methyl sites for hydroxylation is 1. The Morgan fingerprint density at radius 1 is 1.15 bits per heavy atom. The van der Waals surface area contributed by atoms with E-state index >= 15 is 0 Å². The third-order valence-electron chi connectivity index (χ3n) is 5.93. The number of aromatic nitrogens is 2. The van der Waals surface area contributed by atoms with E-state index in [9.17, 15) is 14.7 Å². The van der Waals surface area contributed by atoms with Crippen LogP contribution in [0, 0.1) is 37.5 Å².